The van der Waals surface area contributed by atoms with Crippen LogP contribution < -0.4 is 4.90 Å². The standard InChI is InChI=1S/C25H19NO/c1-2-10-25(27)26(21-13-4-3-5-14-21)18-24-22-15-8-6-11-19(22)17-20-12-7-9-16-23(20)24/h3-17H,1,18H2. The predicted octanol–water partition coefficient (Wildman–Crippen LogP) is 5.87. The molecule has 0 unspecified atom stereocenters. The lowest BCUT2D eigenvalue weighted by molar-refractivity contribution is -0.114. The lowest BCUT2D eigenvalue weighted by Crippen LogP contribution is -2.28. The number of hydrogen-bond donors (Lipinski definition) is 0. The van der Waals surface area contributed by atoms with E-state index in [1.54, 1.807) is 4.90 Å². The second kappa shape index (κ2) is 7.33. The van der Waals surface area contributed by atoms with Crippen LogP contribution in [0, 0.1) is 0 Å². The largest absolute Gasteiger partial charge is 0.304 e. The lowest BCUT2D eigenvalue weighted by atomic mass is 9.96. The maximum Gasteiger partial charge on any atom is 0.259 e. The van der Waals surface area contributed by atoms with E-state index >= 15 is 0 Å². The molecule has 0 aliphatic rings. The van der Waals surface area contributed by atoms with Crippen molar-refractivity contribution in [3.8, 4) is 0 Å². The fourth-order valence-corrected chi connectivity index (χ4v) is 3.51. The van der Waals surface area contributed by atoms with Gasteiger partial charge >= 0.3 is 0 Å². The minimum Gasteiger partial charge on any atom is -0.304 e. The highest BCUT2D eigenvalue weighted by Gasteiger charge is 2.17. The van der Waals surface area contributed by atoms with Gasteiger partial charge in [-0.15, -0.1) is 5.73 Å². The molecular weight excluding hydrogens is 330 g/mol. The molecule has 0 atom stereocenters. The number of anilines is 1. The summed E-state index contributed by atoms with van der Waals surface area (Å²) in [5, 5.41) is 4.66. The summed E-state index contributed by atoms with van der Waals surface area (Å²) >= 11 is 0. The summed E-state index contributed by atoms with van der Waals surface area (Å²) in [7, 11) is 0. The zero-order chi connectivity index (χ0) is 18.6. The van der Waals surface area contributed by atoms with Gasteiger partial charge in [-0.25, -0.2) is 0 Å². The zero-order valence-electron chi connectivity index (χ0n) is 14.9. The summed E-state index contributed by atoms with van der Waals surface area (Å²) in [6, 6.07) is 28.6. The van der Waals surface area contributed by atoms with Gasteiger partial charge in [-0.05, 0) is 45.3 Å². The topological polar surface area (TPSA) is 20.3 Å². The number of amides is 1. The first-order valence-corrected chi connectivity index (χ1v) is 8.89. The van der Waals surface area contributed by atoms with E-state index in [1.165, 1.54) is 16.8 Å². The van der Waals surface area contributed by atoms with Gasteiger partial charge in [0.25, 0.3) is 5.91 Å². The van der Waals surface area contributed by atoms with Crippen LogP contribution >= 0.6 is 0 Å². The molecule has 0 fully saturated rings. The SMILES string of the molecule is C=C=CC(=O)N(Cc1c2ccccc2cc2ccccc12)c1ccccc1. The summed E-state index contributed by atoms with van der Waals surface area (Å²) in [5.41, 5.74) is 4.60. The molecule has 0 aliphatic heterocycles. The maximum atomic E-state index is 12.8. The number of nitrogens with zero attached hydrogens (tertiary/aromatic N) is 1. The highest BCUT2D eigenvalue weighted by molar-refractivity contribution is 6.05. The van der Waals surface area contributed by atoms with Crippen molar-refractivity contribution in [2.75, 3.05) is 4.90 Å². The molecule has 0 saturated heterocycles. The van der Waals surface area contributed by atoms with E-state index in [2.05, 4.69) is 42.6 Å². The second-order valence-electron chi connectivity index (χ2n) is 6.41. The molecule has 1 amide bonds. The Balaban J connectivity index is 1.93. The number of carbonyl (C=O) groups is 1. The Hall–Kier alpha value is -3.61. The molecule has 0 radical (unpaired) electrons. The molecule has 130 valence electrons. The molecule has 0 N–H and O–H groups in total. The van der Waals surface area contributed by atoms with Crippen LogP contribution in [0.2, 0.25) is 0 Å². The minimum atomic E-state index is -0.131. The molecule has 0 spiro atoms. The van der Waals surface area contributed by atoms with Gasteiger partial charge in [-0.2, -0.15) is 0 Å². The van der Waals surface area contributed by atoms with E-state index in [0.717, 1.165) is 22.0 Å². The first-order valence-electron chi connectivity index (χ1n) is 8.89. The van der Waals surface area contributed by atoms with Gasteiger partial charge < -0.3 is 4.90 Å². The Morgan fingerprint density at radius 3 is 2.00 bits per heavy atom. The Morgan fingerprint density at radius 1 is 0.852 bits per heavy atom. The summed E-state index contributed by atoms with van der Waals surface area (Å²) in [6.45, 7) is 4.03. The van der Waals surface area contributed by atoms with Crippen molar-refractivity contribution >= 4 is 33.1 Å². The van der Waals surface area contributed by atoms with E-state index in [0.29, 0.717) is 6.54 Å². The van der Waals surface area contributed by atoms with Gasteiger partial charge in [-0.3, -0.25) is 4.79 Å². The first-order chi connectivity index (χ1) is 13.3. The molecule has 0 aliphatic carbocycles. The molecule has 0 saturated carbocycles. The summed E-state index contributed by atoms with van der Waals surface area (Å²) in [4.78, 5) is 14.6. The second-order valence-corrected chi connectivity index (χ2v) is 6.41. The van der Waals surface area contributed by atoms with Crippen LogP contribution in [0.3, 0.4) is 0 Å². The Bertz CT molecular complexity index is 1120. The van der Waals surface area contributed by atoms with Crippen LogP contribution in [0.5, 0.6) is 0 Å². The third-order valence-electron chi connectivity index (χ3n) is 4.76. The van der Waals surface area contributed by atoms with Crippen LogP contribution in [0.1, 0.15) is 5.56 Å². The molecule has 0 heterocycles. The van der Waals surface area contributed by atoms with E-state index < -0.39 is 0 Å². The predicted molar refractivity (Wildman–Crippen MR) is 113 cm³/mol. The first kappa shape index (κ1) is 16.8. The number of fused-ring (bicyclic) bond motifs is 2. The van der Waals surface area contributed by atoms with Gasteiger partial charge in [0.05, 0.1) is 6.54 Å². The van der Waals surface area contributed by atoms with Crippen LogP contribution in [0.4, 0.5) is 5.69 Å². The number of para-hydroxylation sites is 1. The van der Waals surface area contributed by atoms with Gasteiger partial charge in [0.1, 0.15) is 0 Å². The number of carbonyl (C=O) groups excluding carboxylic acids is 1. The lowest BCUT2D eigenvalue weighted by Gasteiger charge is -2.23. The van der Waals surface area contributed by atoms with E-state index in [9.17, 15) is 4.79 Å². The number of rotatable bonds is 4. The van der Waals surface area contributed by atoms with Crippen molar-refractivity contribution in [1.82, 2.24) is 0 Å². The molecule has 2 heteroatoms. The minimum absolute atomic E-state index is 0.131. The third kappa shape index (κ3) is 3.27. The van der Waals surface area contributed by atoms with E-state index in [1.807, 2.05) is 54.6 Å². The van der Waals surface area contributed by atoms with Crippen molar-refractivity contribution in [3.05, 3.63) is 109 Å². The van der Waals surface area contributed by atoms with Gasteiger partial charge in [0, 0.05) is 11.8 Å². The van der Waals surface area contributed by atoms with Crippen molar-refractivity contribution in [3.63, 3.8) is 0 Å². The molecule has 2 nitrogen and oxygen atoms in total. The Kier molecular flexibility index (Phi) is 4.57. The Morgan fingerprint density at radius 2 is 1.41 bits per heavy atom. The monoisotopic (exact) mass is 349 g/mol. The van der Waals surface area contributed by atoms with Gasteiger partial charge in [0.15, 0.2) is 0 Å². The van der Waals surface area contributed by atoms with Crippen LogP contribution in [-0.4, -0.2) is 5.91 Å². The van der Waals surface area contributed by atoms with Gasteiger partial charge in [0.2, 0.25) is 0 Å². The summed E-state index contributed by atoms with van der Waals surface area (Å²) in [5.74, 6) is -0.131. The zero-order valence-corrected chi connectivity index (χ0v) is 14.9. The maximum absolute atomic E-state index is 12.8. The van der Waals surface area contributed by atoms with Crippen LogP contribution in [0.25, 0.3) is 21.5 Å². The van der Waals surface area contributed by atoms with E-state index in [4.69, 9.17) is 0 Å². The molecule has 4 rings (SSSR count). The molecule has 4 aromatic carbocycles. The van der Waals surface area contributed by atoms with Crippen molar-refractivity contribution in [2.24, 2.45) is 0 Å². The summed E-state index contributed by atoms with van der Waals surface area (Å²) in [6.07, 6.45) is 1.39. The van der Waals surface area contributed by atoms with E-state index in [-0.39, 0.29) is 5.91 Å². The molecular formula is C25H19NO. The average molecular weight is 349 g/mol. The molecule has 0 bridgehead atoms. The number of benzene rings is 4. The highest BCUT2D eigenvalue weighted by Crippen LogP contribution is 2.31. The van der Waals surface area contributed by atoms with Crippen molar-refractivity contribution < 1.29 is 4.79 Å². The van der Waals surface area contributed by atoms with Crippen molar-refractivity contribution in [1.29, 1.82) is 0 Å². The number of hydrogen-bond acceptors (Lipinski definition) is 1. The quantitative estimate of drug-likeness (QED) is 0.256. The Labute approximate surface area is 158 Å². The van der Waals surface area contributed by atoms with Gasteiger partial charge in [-0.1, -0.05) is 73.3 Å². The van der Waals surface area contributed by atoms with Crippen molar-refractivity contribution in [2.45, 2.75) is 6.54 Å². The molecule has 4 aromatic rings. The third-order valence-corrected chi connectivity index (χ3v) is 4.76. The molecule has 0 aromatic heterocycles. The fraction of sp³-hybridized carbons (Fsp3) is 0.0400. The smallest absolute Gasteiger partial charge is 0.259 e. The van der Waals surface area contributed by atoms with Crippen LogP contribution in [-0.2, 0) is 11.3 Å². The van der Waals surface area contributed by atoms with Crippen LogP contribution in [0.15, 0.2) is 103 Å². The fourth-order valence-electron chi connectivity index (χ4n) is 3.51. The average Bonchev–Trinajstić information content (AvgIpc) is 2.72. The highest BCUT2D eigenvalue weighted by atomic mass is 16.2. The molecule has 27 heavy (non-hydrogen) atoms. The normalized spacial score (nSPS) is 10.5. The summed E-state index contributed by atoms with van der Waals surface area (Å²) < 4.78 is 0.